The van der Waals surface area contributed by atoms with Gasteiger partial charge in [-0.05, 0) is 12.3 Å². The van der Waals surface area contributed by atoms with Crippen LogP contribution in [0.5, 0.6) is 0 Å². The van der Waals surface area contributed by atoms with Crippen LogP contribution in [-0.2, 0) is 9.53 Å². The van der Waals surface area contributed by atoms with Crippen molar-refractivity contribution in [1.29, 1.82) is 0 Å². The minimum atomic E-state index is -0.0184. The zero-order valence-corrected chi connectivity index (χ0v) is 10.0. The third-order valence-electron chi connectivity index (χ3n) is 3.10. The molecule has 1 saturated heterocycles. The van der Waals surface area contributed by atoms with Crippen LogP contribution in [0.2, 0.25) is 0 Å². The summed E-state index contributed by atoms with van der Waals surface area (Å²) >= 11 is 0. The van der Waals surface area contributed by atoms with E-state index in [4.69, 9.17) is 4.74 Å². The second kappa shape index (κ2) is 5.94. The van der Waals surface area contributed by atoms with E-state index in [9.17, 15) is 4.79 Å². The van der Waals surface area contributed by atoms with Gasteiger partial charge in [-0.15, -0.1) is 0 Å². The highest BCUT2D eigenvalue weighted by Gasteiger charge is 2.36. The largest absolute Gasteiger partial charge is 0.465 e. The van der Waals surface area contributed by atoms with Gasteiger partial charge in [-0.1, -0.05) is 45.8 Å². The van der Waals surface area contributed by atoms with Crippen molar-refractivity contribution in [3.63, 3.8) is 0 Å². The molecular formula is C13H22O2. The monoisotopic (exact) mass is 210 g/mol. The van der Waals surface area contributed by atoms with Crippen molar-refractivity contribution in [3.05, 3.63) is 12.2 Å². The molecule has 0 spiro atoms. The molecule has 1 rings (SSSR count). The summed E-state index contributed by atoms with van der Waals surface area (Å²) in [6.45, 7) is 6.98. The fourth-order valence-corrected chi connectivity index (χ4v) is 2.13. The molecule has 2 heteroatoms. The van der Waals surface area contributed by atoms with Crippen molar-refractivity contribution >= 4 is 5.97 Å². The normalized spacial score (nSPS) is 28.3. The van der Waals surface area contributed by atoms with Gasteiger partial charge in [-0.25, -0.2) is 0 Å². The number of hydrogen-bond donors (Lipinski definition) is 0. The number of carbonyl (C=O) groups excluding carboxylic acids is 1. The number of carbonyl (C=O) groups is 1. The lowest BCUT2D eigenvalue weighted by Crippen LogP contribution is -2.20. The van der Waals surface area contributed by atoms with E-state index in [2.05, 4.69) is 32.9 Å². The summed E-state index contributed by atoms with van der Waals surface area (Å²) in [5.41, 5.74) is 0. The average Bonchev–Trinajstić information content (AvgIpc) is 2.53. The molecule has 0 bridgehead atoms. The van der Waals surface area contributed by atoms with Gasteiger partial charge in [0.25, 0.3) is 0 Å². The van der Waals surface area contributed by atoms with Gasteiger partial charge in [0.1, 0.15) is 0 Å². The third-order valence-corrected chi connectivity index (χ3v) is 3.10. The molecule has 0 radical (unpaired) electrons. The van der Waals surface area contributed by atoms with Gasteiger partial charge in [0.05, 0.1) is 12.5 Å². The van der Waals surface area contributed by atoms with Crippen LogP contribution in [-0.4, -0.2) is 12.6 Å². The molecule has 2 nitrogen and oxygen atoms in total. The Balaban J connectivity index is 2.41. The minimum absolute atomic E-state index is 0.0184. The van der Waals surface area contributed by atoms with Crippen LogP contribution in [0, 0.1) is 17.8 Å². The Kier molecular flexibility index (Phi) is 4.86. The summed E-state index contributed by atoms with van der Waals surface area (Å²) in [5, 5.41) is 0. The molecule has 0 aliphatic carbocycles. The van der Waals surface area contributed by atoms with E-state index >= 15 is 0 Å². The third kappa shape index (κ3) is 3.37. The molecule has 0 aromatic heterocycles. The molecule has 0 aromatic rings. The molecule has 1 aliphatic heterocycles. The zero-order valence-electron chi connectivity index (χ0n) is 10.0. The van der Waals surface area contributed by atoms with Crippen LogP contribution in [0.3, 0.4) is 0 Å². The van der Waals surface area contributed by atoms with E-state index in [1.807, 2.05) is 0 Å². The van der Waals surface area contributed by atoms with Crippen LogP contribution in [0.25, 0.3) is 0 Å². The lowest BCUT2D eigenvalue weighted by molar-refractivity contribution is -0.142. The van der Waals surface area contributed by atoms with Crippen LogP contribution in [0.15, 0.2) is 12.2 Å². The standard InChI is InChI=1S/C13H22O2/c1-4-5-6-7-8-10(2)12-11(3)9-15-13(12)14/h7-8,10-12H,4-6,9H2,1-3H3/b8-7+/t10-,11-,12-/m1/s1. The highest BCUT2D eigenvalue weighted by Crippen LogP contribution is 2.29. The smallest absolute Gasteiger partial charge is 0.309 e. The molecule has 3 atom stereocenters. The molecule has 15 heavy (non-hydrogen) atoms. The molecule has 1 heterocycles. The minimum Gasteiger partial charge on any atom is -0.465 e. The molecule has 0 saturated carbocycles. The Morgan fingerprint density at radius 2 is 2.33 bits per heavy atom. The number of hydrogen-bond acceptors (Lipinski definition) is 2. The van der Waals surface area contributed by atoms with Gasteiger partial charge in [0.15, 0.2) is 0 Å². The van der Waals surface area contributed by atoms with Crippen LogP contribution in [0.1, 0.15) is 40.0 Å². The number of cyclic esters (lactones) is 1. The molecule has 1 aliphatic rings. The SMILES string of the molecule is CCCC/C=C/[C@@H](C)[C@H]1C(=O)OC[C@H]1C. The molecular weight excluding hydrogens is 188 g/mol. The number of unbranched alkanes of at least 4 members (excludes halogenated alkanes) is 2. The van der Waals surface area contributed by atoms with Gasteiger partial charge < -0.3 is 4.74 Å². The molecule has 0 aromatic carbocycles. The van der Waals surface area contributed by atoms with E-state index < -0.39 is 0 Å². The second-order valence-electron chi connectivity index (χ2n) is 4.56. The Hall–Kier alpha value is -0.790. The van der Waals surface area contributed by atoms with E-state index in [-0.39, 0.29) is 11.9 Å². The number of ether oxygens (including phenoxy) is 1. The van der Waals surface area contributed by atoms with Crippen molar-refractivity contribution in [2.75, 3.05) is 6.61 Å². The number of rotatable bonds is 5. The van der Waals surface area contributed by atoms with Crippen LogP contribution >= 0.6 is 0 Å². The molecule has 86 valence electrons. The van der Waals surface area contributed by atoms with Gasteiger partial charge in [-0.3, -0.25) is 4.79 Å². The summed E-state index contributed by atoms with van der Waals surface area (Å²) in [7, 11) is 0. The van der Waals surface area contributed by atoms with E-state index in [1.54, 1.807) is 0 Å². The maximum atomic E-state index is 11.5. The highest BCUT2D eigenvalue weighted by atomic mass is 16.5. The predicted molar refractivity (Wildman–Crippen MR) is 61.4 cm³/mol. The molecule has 0 unspecified atom stereocenters. The number of allylic oxidation sites excluding steroid dienone is 2. The van der Waals surface area contributed by atoms with Gasteiger partial charge in [0, 0.05) is 5.92 Å². The molecule has 0 N–H and O–H groups in total. The highest BCUT2D eigenvalue weighted by molar-refractivity contribution is 5.75. The topological polar surface area (TPSA) is 26.3 Å². The summed E-state index contributed by atoms with van der Waals surface area (Å²) in [6.07, 6.45) is 7.95. The fourth-order valence-electron chi connectivity index (χ4n) is 2.13. The predicted octanol–water partition coefficient (Wildman–Crippen LogP) is 3.18. The molecule has 1 fully saturated rings. The Labute approximate surface area is 92.7 Å². The fraction of sp³-hybridized carbons (Fsp3) is 0.769. The van der Waals surface area contributed by atoms with Gasteiger partial charge >= 0.3 is 5.97 Å². The first-order valence-corrected chi connectivity index (χ1v) is 6.00. The van der Waals surface area contributed by atoms with Crippen LogP contribution in [0.4, 0.5) is 0 Å². The van der Waals surface area contributed by atoms with Crippen LogP contribution < -0.4 is 0 Å². The van der Waals surface area contributed by atoms with Crippen molar-refractivity contribution in [2.24, 2.45) is 17.8 Å². The van der Waals surface area contributed by atoms with Gasteiger partial charge in [0.2, 0.25) is 0 Å². The zero-order chi connectivity index (χ0) is 11.3. The van der Waals surface area contributed by atoms with Crippen molar-refractivity contribution in [3.8, 4) is 0 Å². The number of esters is 1. The summed E-state index contributed by atoms with van der Waals surface area (Å²) in [6, 6.07) is 0. The second-order valence-corrected chi connectivity index (χ2v) is 4.56. The lowest BCUT2D eigenvalue weighted by atomic mass is 9.85. The van der Waals surface area contributed by atoms with E-state index in [1.165, 1.54) is 12.8 Å². The first-order valence-electron chi connectivity index (χ1n) is 6.00. The average molecular weight is 210 g/mol. The maximum Gasteiger partial charge on any atom is 0.309 e. The van der Waals surface area contributed by atoms with Crippen molar-refractivity contribution in [1.82, 2.24) is 0 Å². The lowest BCUT2D eigenvalue weighted by Gasteiger charge is -2.15. The Bertz CT molecular complexity index is 233. The summed E-state index contributed by atoms with van der Waals surface area (Å²) < 4.78 is 5.05. The van der Waals surface area contributed by atoms with Crippen molar-refractivity contribution in [2.45, 2.75) is 40.0 Å². The summed E-state index contributed by atoms with van der Waals surface area (Å²) in [5.74, 6) is 0.730. The first kappa shape index (κ1) is 12.3. The van der Waals surface area contributed by atoms with Gasteiger partial charge in [-0.2, -0.15) is 0 Å². The first-order chi connectivity index (χ1) is 7.16. The van der Waals surface area contributed by atoms with E-state index in [0.717, 1.165) is 6.42 Å². The quantitative estimate of drug-likeness (QED) is 0.396. The molecule has 0 amide bonds. The maximum absolute atomic E-state index is 11.5. The van der Waals surface area contributed by atoms with Crippen molar-refractivity contribution < 1.29 is 9.53 Å². The summed E-state index contributed by atoms with van der Waals surface area (Å²) in [4.78, 5) is 11.5. The van der Waals surface area contributed by atoms with E-state index in [0.29, 0.717) is 18.4 Å². The Morgan fingerprint density at radius 3 is 2.87 bits per heavy atom. The Morgan fingerprint density at radius 1 is 1.60 bits per heavy atom.